The Balaban J connectivity index is 1.37. The minimum Gasteiger partial charge on any atom is -0.489 e. The maximum atomic E-state index is 13.2. The van der Waals surface area contributed by atoms with Crippen molar-refractivity contribution >= 4 is 17.8 Å². The molecular formula is C33H43NO7. The monoisotopic (exact) mass is 565 g/mol. The van der Waals surface area contributed by atoms with E-state index in [1.807, 2.05) is 30.3 Å². The number of aryl methyl sites for hydroxylation is 1. The third kappa shape index (κ3) is 7.88. The van der Waals surface area contributed by atoms with Crippen LogP contribution in [0, 0.1) is 12.8 Å². The summed E-state index contributed by atoms with van der Waals surface area (Å²) in [5.74, 6) is -0.725. The lowest BCUT2D eigenvalue weighted by molar-refractivity contribution is -0.150. The lowest BCUT2D eigenvalue weighted by Gasteiger charge is -2.32. The van der Waals surface area contributed by atoms with E-state index in [-0.39, 0.29) is 31.6 Å². The number of rotatable bonds is 9. The number of hydrogen-bond donors (Lipinski definition) is 0. The molecule has 41 heavy (non-hydrogen) atoms. The van der Waals surface area contributed by atoms with Gasteiger partial charge in [-0.15, -0.1) is 0 Å². The molecule has 0 aromatic heterocycles. The zero-order valence-corrected chi connectivity index (χ0v) is 24.9. The second-order valence-corrected chi connectivity index (χ2v) is 11.9. The smallest absolute Gasteiger partial charge is 0.411 e. The molecule has 2 fully saturated rings. The van der Waals surface area contributed by atoms with E-state index in [1.54, 1.807) is 27.7 Å². The third-order valence-corrected chi connectivity index (χ3v) is 7.72. The average Bonchev–Trinajstić information content (AvgIpc) is 3.27. The zero-order valence-electron chi connectivity index (χ0n) is 24.9. The first-order valence-electron chi connectivity index (χ1n) is 14.6. The van der Waals surface area contributed by atoms with Crippen LogP contribution in [-0.4, -0.2) is 60.3 Å². The minimum atomic E-state index is -1.03. The predicted octanol–water partition coefficient (Wildman–Crippen LogP) is 5.98. The van der Waals surface area contributed by atoms with Crippen LogP contribution in [0.15, 0.2) is 48.5 Å². The van der Waals surface area contributed by atoms with Gasteiger partial charge in [-0.25, -0.2) is 4.79 Å². The Morgan fingerprint density at radius 1 is 0.976 bits per heavy atom. The van der Waals surface area contributed by atoms with Crippen molar-refractivity contribution < 1.29 is 33.3 Å². The van der Waals surface area contributed by atoms with Crippen molar-refractivity contribution in [3.63, 3.8) is 0 Å². The second-order valence-electron chi connectivity index (χ2n) is 11.9. The van der Waals surface area contributed by atoms with Crippen molar-refractivity contribution in [3.05, 3.63) is 65.2 Å². The molecule has 0 radical (unpaired) electrons. The fraction of sp³-hybridized carbons (Fsp3) is 0.545. The fourth-order valence-corrected chi connectivity index (χ4v) is 5.71. The predicted molar refractivity (Wildman–Crippen MR) is 155 cm³/mol. The Labute approximate surface area is 243 Å². The lowest BCUT2D eigenvalue weighted by Crippen LogP contribution is -2.44. The van der Waals surface area contributed by atoms with E-state index in [4.69, 9.17) is 18.9 Å². The van der Waals surface area contributed by atoms with Crippen LogP contribution < -0.4 is 4.74 Å². The Morgan fingerprint density at radius 3 is 2.34 bits per heavy atom. The van der Waals surface area contributed by atoms with Gasteiger partial charge >= 0.3 is 12.1 Å². The highest BCUT2D eigenvalue weighted by Crippen LogP contribution is 2.40. The van der Waals surface area contributed by atoms with E-state index in [2.05, 4.69) is 25.1 Å². The van der Waals surface area contributed by atoms with Gasteiger partial charge in [-0.05, 0) is 83.4 Å². The molecule has 0 N–H and O–H groups in total. The number of amides is 1. The van der Waals surface area contributed by atoms with E-state index >= 15 is 0 Å². The summed E-state index contributed by atoms with van der Waals surface area (Å²) in [5, 5.41) is 0. The summed E-state index contributed by atoms with van der Waals surface area (Å²) in [6, 6.07) is 15.5. The van der Waals surface area contributed by atoms with Crippen molar-refractivity contribution in [2.45, 2.75) is 90.6 Å². The van der Waals surface area contributed by atoms with Gasteiger partial charge in [0.1, 0.15) is 29.9 Å². The van der Waals surface area contributed by atoms with Gasteiger partial charge in [-0.3, -0.25) is 14.5 Å². The van der Waals surface area contributed by atoms with Gasteiger partial charge in [0.2, 0.25) is 0 Å². The average molecular weight is 566 g/mol. The molecule has 1 heterocycles. The van der Waals surface area contributed by atoms with Gasteiger partial charge in [-0.2, -0.15) is 0 Å². The van der Waals surface area contributed by atoms with Crippen LogP contribution in [0.5, 0.6) is 5.75 Å². The summed E-state index contributed by atoms with van der Waals surface area (Å²) >= 11 is 0. The third-order valence-electron chi connectivity index (χ3n) is 7.72. The second kappa shape index (κ2) is 13.5. The fourth-order valence-electron chi connectivity index (χ4n) is 5.71. The molecular weight excluding hydrogens is 522 g/mol. The van der Waals surface area contributed by atoms with Crippen molar-refractivity contribution in [1.82, 2.24) is 4.90 Å². The van der Waals surface area contributed by atoms with Crippen molar-refractivity contribution in [2.75, 3.05) is 19.8 Å². The first-order chi connectivity index (χ1) is 19.6. The quantitative estimate of drug-likeness (QED) is 0.273. The molecule has 2 atom stereocenters. The number of carbonyl (C=O) groups excluding carboxylic acids is 3. The Bertz CT molecular complexity index is 1200. The number of Topliss-reactive ketones (excluding diaryl/α,β-unsaturated/α-hetero) is 1. The molecule has 1 amide bonds. The van der Waals surface area contributed by atoms with Crippen molar-refractivity contribution in [2.24, 2.45) is 5.92 Å². The molecule has 2 aromatic rings. The number of hydrogen-bond acceptors (Lipinski definition) is 7. The molecule has 8 nitrogen and oxygen atoms in total. The molecule has 1 saturated carbocycles. The van der Waals surface area contributed by atoms with Gasteiger partial charge in [0.25, 0.3) is 0 Å². The Kier molecular flexibility index (Phi) is 10.1. The van der Waals surface area contributed by atoms with E-state index in [0.29, 0.717) is 12.5 Å². The van der Waals surface area contributed by atoms with Crippen LogP contribution in [0.3, 0.4) is 0 Å². The zero-order chi connectivity index (χ0) is 29.6. The van der Waals surface area contributed by atoms with Crippen molar-refractivity contribution in [1.29, 1.82) is 0 Å². The molecule has 2 aromatic carbocycles. The number of esters is 1. The highest BCUT2D eigenvalue weighted by molar-refractivity contribution is 6.05. The maximum absolute atomic E-state index is 13.2. The van der Waals surface area contributed by atoms with Crippen LogP contribution >= 0.6 is 0 Å². The molecule has 1 saturated heterocycles. The first-order valence-corrected chi connectivity index (χ1v) is 14.6. The summed E-state index contributed by atoms with van der Waals surface area (Å²) < 4.78 is 23.1. The van der Waals surface area contributed by atoms with Crippen LogP contribution in [-0.2, 0) is 30.4 Å². The summed E-state index contributed by atoms with van der Waals surface area (Å²) in [6.45, 7) is 9.77. The molecule has 8 heteroatoms. The summed E-state index contributed by atoms with van der Waals surface area (Å²) in [4.78, 5) is 39.9. The number of likely N-dealkylation sites (tertiary alicyclic amines) is 1. The normalized spacial score (nSPS) is 22.9. The molecule has 4 rings (SSSR count). The minimum absolute atomic E-state index is 0.0269. The van der Waals surface area contributed by atoms with Crippen molar-refractivity contribution in [3.8, 4) is 5.75 Å². The van der Waals surface area contributed by atoms with E-state index in [1.165, 1.54) is 16.0 Å². The van der Waals surface area contributed by atoms with Crippen LogP contribution in [0.4, 0.5) is 4.79 Å². The topological polar surface area (TPSA) is 91.4 Å². The molecule has 1 aliphatic carbocycles. The SMILES string of the molecule is CCOC(=O)C1CN(C(=O)OC(C)(C)C)C(CO[C@H]2CC[C@@H](c3c(C)cccc3OCc3ccccc3)CC2)C1=O. The van der Waals surface area contributed by atoms with Gasteiger partial charge < -0.3 is 18.9 Å². The van der Waals surface area contributed by atoms with Crippen LogP contribution in [0.25, 0.3) is 0 Å². The lowest BCUT2D eigenvalue weighted by atomic mass is 9.80. The van der Waals surface area contributed by atoms with E-state index < -0.39 is 29.6 Å². The molecule has 1 aliphatic heterocycles. The number of benzene rings is 2. The first kappa shape index (κ1) is 30.6. The van der Waals surface area contributed by atoms with Crippen LogP contribution in [0.2, 0.25) is 0 Å². The summed E-state index contributed by atoms with van der Waals surface area (Å²) in [6.07, 6.45) is 2.84. The molecule has 0 spiro atoms. The number of carbonyl (C=O) groups is 3. The van der Waals surface area contributed by atoms with Gasteiger partial charge in [0.15, 0.2) is 5.78 Å². The highest BCUT2D eigenvalue weighted by atomic mass is 16.6. The van der Waals surface area contributed by atoms with E-state index in [9.17, 15) is 14.4 Å². The molecule has 222 valence electrons. The number of nitrogens with zero attached hydrogens (tertiary/aromatic N) is 1. The maximum Gasteiger partial charge on any atom is 0.411 e. The Morgan fingerprint density at radius 2 is 1.68 bits per heavy atom. The highest BCUT2D eigenvalue weighted by Gasteiger charge is 2.48. The van der Waals surface area contributed by atoms with Crippen LogP contribution in [0.1, 0.15) is 76.0 Å². The van der Waals surface area contributed by atoms with Gasteiger partial charge in [0, 0.05) is 12.1 Å². The molecule has 2 aliphatic rings. The summed E-state index contributed by atoms with van der Waals surface area (Å²) in [5.41, 5.74) is 2.87. The van der Waals surface area contributed by atoms with Gasteiger partial charge in [0.05, 0.1) is 19.3 Å². The molecule has 0 bridgehead atoms. The number of ketones is 1. The largest absolute Gasteiger partial charge is 0.489 e. The standard InChI is InChI=1S/C33H43NO7/c1-6-38-31(36)26-19-34(32(37)41-33(3,4)5)27(30(26)35)21-39-25-17-15-24(16-18-25)29-22(2)11-10-14-28(29)40-20-23-12-8-7-9-13-23/h7-14,24-27H,6,15-21H2,1-5H3/t24-,25+,26?,27?. The number of ether oxygens (including phenoxy) is 4. The Hall–Kier alpha value is -3.39. The summed E-state index contributed by atoms with van der Waals surface area (Å²) in [7, 11) is 0. The molecule has 2 unspecified atom stereocenters. The van der Waals surface area contributed by atoms with Gasteiger partial charge in [-0.1, -0.05) is 42.5 Å². The van der Waals surface area contributed by atoms with E-state index in [0.717, 1.165) is 37.0 Å².